The van der Waals surface area contributed by atoms with Gasteiger partial charge in [0, 0.05) is 32.1 Å². The molecule has 0 saturated carbocycles. The monoisotopic (exact) mass is 342 g/mol. The number of nitrogens with zero attached hydrogens (tertiary/aromatic N) is 2. The Morgan fingerprint density at radius 1 is 1.16 bits per heavy atom. The third-order valence-electron chi connectivity index (χ3n) is 4.64. The van der Waals surface area contributed by atoms with E-state index in [4.69, 9.17) is 9.47 Å². The van der Waals surface area contributed by atoms with Crippen molar-refractivity contribution in [2.24, 2.45) is 5.92 Å². The van der Waals surface area contributed by atoms with Crippen molar-refractivity contribution < 1.29 is 14.6 Å². The molecule has 1 aromatic heterocycles. The van der Waals surface area contributed by atoms with Crippen LogP contribution in [0.5, 0.6) is 11.5 Å². The fourth-order valence-electron chi connectivity index (χ4n) is 3.27. The lowest BCUT2D eigenvalue weighted by Crippen LogP contribution is -2.36. The molecular formula is C20H26N2O3. The van der Waals surface area contributed by atoms with Gasteiger partial charge in [0.25, 0.3) is 0 Å². The number of benzene rings is 1. The van der Waals surface area contributed by atoms with Crippen molar-refractivity contribution >= 4 is 0 Å². The zero-order chi connectivity index (χ0) is 17.5. The van der Waals surface area contributed by atoms with Crippen molar-refractivity contribution in [3.63, 3.8) is 0 Å². The third-order valence-corrected chi connectivity index (χ3v) is 4.64. The molecule has 0 aliphatic carbocycles. The van der Waals surface area contributed by atoms with Crippen molar-refractivity contribution in [3.05, 3.63) is 53.9 Å². The molecule has 1 fully saturated rings. The summed E-state index contributed by atoms with van der Waals surface area (Å²) in [6.45, 7) is 3.68. The number of aliphatic hydroxyl groups is 1. The molecule has 1 unspecified atom stereocenters. The van der Waals surface area contributed by atoms with Gasteiger partial charge in [-0.15, -0.1) is 0 Å². The number of piperidine rings is 1. The maximum Gasteiger partial charge on any atom is 0.161 e. The first kappa shape index (κ1) is 17.7. The summed E-state index contributed by atoms with van der Waals surface area (Å²) in [5.74, 6) is 1.90. The highest BCUT2D eigenvalue weighted by molar-refractivity contribution is 5.43. The fraction of sp³-hybridized carbons (Fsp3) is 0.450. The number of pyridine rings is 1. The maximum atomic E-state index is 9.38. The second-order valence-electron chi connectivity index (χ2n) is 6.56. The van der Waals surface area contributed by atoms with E-state index in [1.165, 1.54) is 5.56 Å². The molecule has 1 N–H and O–H groups in total. The van der Waals surface area contributed by atoms with Crippen LogP contribution < -0.4 is 9.47 Å². The molecule has 5 heteroatoms. The van der Waals surface area contributed by atoms with Crippen molar-refractivity contribution in [3.8, 4) is 11.5 Å². The smallest absolute Gasteiger partial charge is 0.161 e. The van der Waals surface area contributed by atoms with E-state index < -0.39 is 0 Å². The van der Waals surface area contributed by atoms with Crippen molar-refractivity contribution in [1.82, 2.24) is 9.88 Å². The molecule has 25 heavy (non-hydrogen) atoms. The molecule has 0 bridgehead atoms. The molecular weight excluding hydrogens is 316 g/mol. The number of methoxy groups -OCH3 is 1. The van der Waals surface area contributed by atoms with E-state index in [9.17, 15) is 5.11 Å². The third kappa shape index (κ3) is 4.94. The van der Waals surface area contributed by atoms with Crippen molar-refractivity contribution in [2.75, 3.05) is 26.8 Å². The zero-order valence-corrected chi connectivity index (χ0v) is 14.7. The molecule has 0 amide bonds. The summed E-state index contributed by atoms with van der Waals surface area (Å²) in [4.78, 5) is 6.41. The predicted octanol–water partition coefficient (Wildman–Crippen LogP) is 2.87. The van der Waals surface area contributed by atoms with Gasteiger partial charge in [-0.25, -0.2) is 0 Å². The summed E-state index contributed by atoms with van der Waals surface area (Å²) in [7, 11) is 1.67. The molecule has 0 spiro atoms. The quantitative estimate of drug-likeness (QED) is 0.838. The lowest BCUT2D eigenvalue weighted by Gasteiger charge is -2.31. The number of ether oxygens (including phenoxy) is 2. The standard InChI is InChI=1S/C20H26N2O3/c1-24-20-11-17(12-22-10-2-3-18(13-22)14-23)4-5-19(20)25-15-16-6-8-21-9-7-16/h4-9,11,18,23H,2-3,10,12-15H2,1H3. The predicted molar refractivity (Wildman–Crippen MR) is 96.6 cm³/mol. The number of aromatic nitrogens is 1. The van der Waals surface area contributed by atoms with Gasteiger partial charge in [0.2, 0.25) is 0 Å². The molecule has 3 rings (SSSR count). The summed E-state index contributed by atoms with van der Waals surface area (Å²) >= 11 is 0. The Morgan fingerprint density at radius 3 is 2.76 bits per heavy atom. The van der Waals surface area contributed by atoms with E-state index in [-0.39, 0.29) is 6.61 Å². The fourth-order valence-corrected chi connectivity index (χ4v) is 3.27. The van der Waals surface area contributed by atoms with E-state index in [2.05, 4.69) is 16.0 Å². The Balaban J connectivity index is 1.63. The van der Waals surface area contributed by atoms with Gasteiger partial charge >= 0.3 is 0 Å². The van der Waals surface area contributed by atoms with Gasteiger partial charge in [0.05, 0.1) is 7.11 Å². The molecule has 1 aromatic carbocycles. The lowest BCUT2D eigenvalue weighted by molar-refractivity contribution is 0.116. The van der Waals surface area contributed by atoms with Crippen LogP contribution in [-0.4, -0.2) is 41.8 Å². The highest BCUT2D eigenvalue weighted by Gasteiger charge is 2.19. The number of likely N-dealkylation sites (tertiary alicyclic amines) is 1. The molecule has 0 radical (unpaired) electrons. The summed E-state index contributed by atoms with van der Waals surface area (Å²) in [5, 5.41) is 9.38. The Bertz CT molecular complexity index is 663. The Kier molecular flexibility index (Phi) is 6.25. The average molecular weight is 342 g/mol. The van der Waals surface area contributed by atoms with E-state index in [0.29, 0.717) is 12.5 Å². The number of hydrogen-bond donors (Lipinski definition) is 1. The first-order chi connectivity index (χ1) is 12.3. The SMILES string of the molecule is COc1cc(CN2CCCC(CO)C2)ccc1OCc1ccncc1. The highest BCUT2D eigenvalue weighted by atomic mass is 16.5. The van der Waals surface area contributed by atoms with Crippen LogP contribution in [0.1, 0.15) is 24.0 Å². The summed E-state index contributed by atoms with van der Waals surface area (Å²) < 4.78 is 11.4. The zero-order valence-electron chi connectivity index (χ0n) is 14.7. The topological polar surface area (TPSA) is 54.8 Å². The van der Waals surface area contributed by atoms with Crippen LogP contribution in [0.2, 0.25) is 0 Å². The second kappa shape index (κ2) is 8.83. The molecule has 2 aromatic rings. The second-order valence-corrected chi connectivity index (χ2v) is 6.56. The Morgan fingerprint density at radius 2 is 2.00 bits per heavy atom. The number of hydrogen-bond acceptors (Lipinski definition) is 5. The van der Waals surface area contributed by atoms with E-state index >= 15 is 0 Å². The van der Waals surface area contributed by atoms with Crippen LogP contribution >= 0.6 is 0 Å². The van der Waals surface area contributed by atoms with E-state index in [1.54, 1.807) is 19.5 Å². The molecule has 1 atom stereocenters. The summed E-state index contributed by atoms with van der Waals surface area (Å²) in [6.07, 6.45) is 5.79. The normalized spacial score (nSPS) is 18.1. The van der Waals surface area contributed by atoms with Crippen molar-refractivity contribution in [2.45, 2.75) is 26.0 Å². The van der Waals surface area contributed by atoms with Crippen LogP contribution in [0.3, 0.4) is 0 Å². The molecule has 2 heterocycles. The largest absolute Gasteiger partial charge is 0.493 e. The van der Waals surface area contributed by atoms with Crippen LogP contribution in [0.4, 0.5) is 0 Å². The summed E-state index contributed by atoms with van der Waals surface area (Å²) in [6, 6.07) is 9.99. The molecule has 1 saturated heterocycles. The Labute approximate surface area is 149 Å². The van der Waals surface area contributed by atoms with Gasteiger partial charge in [0.1, 0.15) is 6.61 Å². The minimum Gasteiger partial charge on any atom is -0.493 e. The number of aliphatic hydroxyl groups excluding tert-OH is 1. The molecule has 5 nitrogen and oxygen atoms in total. The van der Waals surface area contributed by atoms with Gasteiger partial charge in [0.15, 0.2) is 11.5 Å². The van der Waals surface area contributed by atoms with E-state index in [0.717, 1.165) is 49.5 Å². The van der Waals surface area contributed by atoms with Gasteiger partial charge < -0.3 is 14.6 Å². The van der Waals surface area contributed by atoms with Crippen LogP contribution in [0, 0.1) is 5.92 Å². The van der Waals surface area contributed by atoms with E-state index in [1.807, 2.05) is 24.3 Å². The maximum absolute atomic E-state index is 9.38. The highest BCUT2D eigenvalue weighted by Crippen LogP contribution is 2.30. The van der Waals surface area contributed by atoms with Gasteiger partial charge in [-0.1, -0.05) is 6.07 Å². The number of rotatable bonds is 7. The van der Waals surface area contributed by atoms with Gasteiger partial charge in [-0.05, 0) is 60.7 Å². The van der Waals surface area contributed by atoms with Crippen LogP contribution in [-0.2, 0) is 13.2 Å². The molecule has 1 aliphatic rings. The first-order valence-electron chi connectivity index (χ1n) is 8.80. The minimum absolute atomic E-state index is 0.279. The van der Waals surface area contributed by atoms with Crippen LogP contribution in [0.15, 0.2) is 42.7 Å². The average Bonchev–Trinajstić information content (AvgIpc) is 2.67. The minimum atomic E-state index is 0.279. The Hall–Kier alpha value is -2.11. The lowest BCUT2D eigenvalue weighted by atomic mass is 9.98. The summed E-state index contributed by atoms with van der Waals surface area (Å²) in [5.41, 5.74) is 2.27. The van der Waals surface area contributed by atoms with Gasteiger partial charge in [-0.3, -0.25) is 9.88 Å². The van der Waals surface area contributed by atoms with Crippen LogP contribution in [0.25, 0.3) is 0 Å². The molecule has 134 valence electrons. The van der Waals surface area contributed by atoms with Crippen molar-refractivity contribution in [1.29, 1.82) is 0 Å². The van der Waals surface area contributed by atoms with Gasteiger partial charge in [-0.2, -0.15) is 0 Å². The first-order valence-corrected chi connectivity index (χ1v) is 8.80. The molecule has 1 aliphatic heterocycles.